The van der Waals surface area contributed by atoms with E-state index in [0.29, 0.717) is 71.3 Å². The molecule has 2 aliphatic heterocycles. The highest BCUT2D eigenvalue weighted by molar-refractivity contribution is 6.03. The molecule has 15 nitrogen and oxygen atoms in total. The predicted octanol–water partition coefficient (Wildman–Crippen LogP) is 7.48. The van der Waals surface area contributed by atoms with Crippen LogP contribution in [-0.2, 0) is 19.0 Å². The van der Waals surface area contributed by atoms with Crippen molar-refractivity contribution in [2.45, 2.75) is 88.2 Å². The first-order valence-corrected chi connectivity index (χ1v) is 23.5. The minimum Gasteiger partial charge on any atom is -0.496 e. The van der Waals surface area contributed by atoms with E-state index < -0.39 is 24.0 Å². The molecule has 0 bridgehead atoms. The number of nitriles is 1. The van der Waals surface area contributed by atoms with Crippen molar-refractivity contribution >= 4 is 17.9 Å². The van der Waals surface area contributed by atoms with Crippen LogP contribution < -0.4 is 14.2 Å². The van der Waals surface area contributed by atoms with Gasteiger partial charge in [-0.05, 0) is 117 Å². The average Bonchev–Trinajstić information content (AvgIpc) is 3.36. The smallest absolute Gasteiger partial charge is 0.254 e. The van der Waals surface area contributed by atoms with E-state index in [0.717, 1.165) is 55.9 Å². The number of hydrogen-bond donors (Lipinski definition) is 3. The molecule has 7 atom stereocenters. The molecule has 4 aliphatic rings. The maximum absolute atomic E-state index is 15.2. The van der Waals surface area contributed by atoms with Crippen LogP contribution in [0.5, 0.6) is 23.0 Å². The van der Waals surface area contributed by atoms with E-state index in [1.165, 1.54) is 7.11 Å². The number of unbranched alkanes of at least 4 members (excludes halogenated alkanes) is 2. The summed E-state index contributed by atoms with van der Waals surface area (Å²) in [5.74, 6) is -1.03. The molecule has 15 heteroatoms. The van der Waals surface area contributed by atoms with Crippen molar-refractivity contribution in [3.05, 3.63) is 107 Å². The van der Waals surface area contributed by atoms with Crippen LogP contribution in [0.4, 0.5) is 0 Å². The molecule has 0 spiro atoms. The summed E-state index contributed by atoms with van der Waals surface area (Å²) in [7, 11) is 1.50. The normalized spacial score (nSPS) is 24.5. The van der Waals surface area contributed by atoms with Crippen LogP contribution in [0.2, 0.25) is 0 Å². The zero-order valence-corrected chi connectivity index (χ0v) is 38.3. The van der Waals surface area contributed by atoms with Gasteiger partial charge in [-0.2, -0.15) is 5.26 Å². The van der Waals surface area contributed by atoms with Crippen molar-refractivity contribution in [2.24, 2.45) is 22.9 Å². The summed E-state index contributed by atoms with van der Waals surface area (Å²) < 4.78 is 38.2. The van der Waals surface area contributed by atoms with E-state index in [-0.39, 0.29) is 76.3 Å². The summed E-state index contributed by atoms with van der Waals surface area (Å²) in [4.78, 5) is 35.1. The third-order valence-electron chi connectivity index (χ3n) is 13.2. The maximum atomic E-state index is 15.2. The van der Waals surface area contributed by atoms with Gasteiger partial charge in [0.25, 0.3) is 5.91 Å². The Bertz CT molecular complexity index is 2250. The third-order valence-corrected chi connectivity index (χ3v) is 13.2. The fourth-order valence-corrected chi connectivity index (χ4v) is 10.2. The van der Waals surface area contributed by atoms with Crippen LogP contribution in [0.1, 0.15) is 102 Å². The van der Waals surface area contributed by atoms with Crippen molar-refractivity contribution < 1.29 is 58.2 Å². The summed E-state index contributed by atoms with van der Waals surface area (Å²) in [6, 6.07) is 18.4. The first-order chi connectivity index (χ1) is 32.8. The van der Waals surface area contributed by atoms with Crippen LogP contribution in [-0.4, -0.2) is 116 Å². The topological polar surface area (TPSA) is 199 Å². The molecule has 3 aromatic rings. The van der Waals surface area contributed by atoms with E-state index >= 15 is 4.79 Å². The van der Waals surface area contributed by atoms with Gasteiger partial charge in [0, 0.05) is 49.6 Å². The lowest BCUT2D eigenvalue weighted by atomic mass is 9.55. The van der Waals surface area contributed by atoms with Gasteiger partial charge in [0.15, 0.2) is 6.29 Å². The van der Waals surface area contributed by atoms with Crippen LogP contribution in [0.25, 0.3) is 0 Å². The monoisotopic (exact) mass is 921 g/mol. The number of benzene rings is 3. The summed E-state index contributed by atoms with van der Waals surface area (Å²) in [5, 5.41) is 44.2. The molecule has 3 aromatic carbocycles. The number of carbonyl (C=O) groups is 2. The first kappa shape index (κ1) is 49.3. The number of nitrogens with zero attached hydrogens (tertiary/aromatic N) is 3. The molecule has 7 rings (SSSR count). The van der Waals surface area contributed by atoms with E-state index in [4.69, 9.17) is 38.4 Å². The first-order valence-electron chi connectivity index (χ1n) is 23.5. The van der Waals surface area contributed by atoms with Crippen molar-refractivity contribution in [3.8, 4) is 29.1 Å². The standard InChI is InChI=1S/C52H63N3O12/c1-3-25-64-52-47(55(21-27-62-28-24-58)51(60)36-15-13-35(33-53)14-16-36)32-44(54-67-48-12-6-9-26-63-48)42-30-37(10-4-7-22-56)41(11-5-8-23-57)49(50(42)52)43-31-40(18-20-46(43)66-52)65-39-17-19-45(61-2)38(29-39)34-59/h3,13-20,29-31,34,37,41,47-50,56-58H,1,4-12,21-28,32H2,2H3. The number of ether oxygens (including phenoxy) is 6. The number of aliphatic hydroxyl groups excluding tert-OH is 3. The van der Waals surface area contributed by atoms with Gasteiger partial charge in [-0.1, -0.05) is 30.1 Å². The molecule has 0 radical (unpaired) electrons. The average molecular weight is 922 g/mol. The Kier molecular flexibility index (Phi) is 17.6. The molecule has 1 saturated carbocycles. The Hall–Kier alpha value is -5.60. The zero-order valence-electron chi connectivity index (χ0n) is 38.3. The minimum absolute atomic E-state index is 0.0122. The number of methoxy groups -OCH3 is 1. The predicted molar refractivity (Wildman–Crippen MR) is 248 cm³/mol. The lowest BCUT2D eigenvalue weighted by molar-refractivity contribution is -0.255. The molecule has 67 heavy (non-hydrogen) atoms. The Morgan fingerprint density at radius 3 is 2.46 bits per heavy atom. The second-order valence-electron chi connectivity index (χ2n) is 17.3. The number of aliphatic hydroxyl groups is 3. The van der Waals surface area contributed by atoms with Crippen molar-refractivity contribution in [2.75, 3.05) is 59.9 Å². The van der Waals surface area contributed by atoms with Crippen molar-refractivity contribution in [1.29, 1.82) is 5.26 Å². The third kappa shape index (κ3) is 11.2. The van der Waals surface area contributed by atoms with Gasteiger partial charge in [0.05, 0.1) is 69.0 Å². The number of fused-ring (bicyclic) bond motifs is 2. The molecule has 0 aromatic heterocycles. The highest BCUT2D eigenvalue weighted by atomic mass is 16.8. The number of aldehydes is 1. The number of carbonyl (C=O) groups excluding carboxylic acids is 2. The molecule has 358 valence electrons. The van der Waals surface area contributed by atoms with Gasteiger partial charge in [-0.25, -0.2) is 0 Å². The molecule has 2 heterocycles. The highest BCUT2D eigenvalue weighted by Gasteiger charge is 2.65. The molecule has 7 unspecified atom stereocenters. The Morgan fingerprint density at radius 2 is 1.76 bits per heavy atom. The molecular weight excluding hydrogens is 859 g/mol. The number of rotatable bonds is 24. The lowest BCUT2D eigenvalue weighted by Gasteiger charge is -2.60. The molecular formula is C52H63N3O12. The van der Waals surface area contributed by atoms with Crippen molar-refractivity contribution in [3.63, 3.8) is 0 Å². The van der Waals surface area contributed by atoms with Gasteiger partial charge >= 0.3 is 0 Å². The van der Waals surface area contributed by atoms with Gasteiger partial charge in [-0.15, -0.1) is 6.58 Å². The molecule has 1 saturated heterocycles. The number of amides is 1. The van der Waals surface area contributed by atoms with Crippen LogP contribution in [0.15, 0.2) is 90.1 Å². The van der Waals surface area contributed by atoms with E-state index in [2.05, 4.69) is 18.7 Å². The van der Waals surface area contributed by atoms with Crippen LogP contribution in [0, 0.1) is 29.1 Å². The highest BCUT2D eigenvalue weighted by Crippen LogP contribution is 2.62. The fourth-order valence-electron chi connectivity index (χ4n) is 10.2. The number of oxime groups is 1. The van der Waals surface area contributed by atoms with Gasteiger partial charge in [0.2, 0.25) is 12.1 Å². The van der Waals surface area contributed by atoms with Crippen LogP contribution in [0.3, 0.4) is 0 Å². The minimum atomic E-state index is -1.56. The maximum Gasteiger partial charge on any atom is 0.254 e. The molecule has 1 amide bonds. The summed E-state index contributed by atoms with van der Waals surface area (Å²) >= 11 is 0. The van der Waals surface area contributed by atoms with E-state index in [1.54, 1.807) is 59.5 Å². The summed E-state index contributed by atoms with van der Waals surface area (Å²) in [6.45, 7) is 4.77. The van der Waals surface area contributed by atoms with Gasteiger partial charge < -0.3 is 53.5 Å². The number of hydrogen-bond acceptors (Lipinski definition) is 14. The quantitative estimate of drug-likeness (QED) is 0.0346. The summed E-state index contributed by atoms with van der Waals surface area (Å²) in [6.07, 6.45) is 11.0. The zero-order chi connectivity index (χ0) is 47.2. The molecule has 3 N–H and O–H groups in total. The Morgan fingerprint density at radius 1 is 0.985 bits per heavy atom. The molecule has 2 fully saturated rings. The van der Waals surface area contributed by atoms with Gasteiger partial charge in [-0.3, -0.25) is 9.59 Å². The largest absolute Gasteiger partial charge is 0.496 e. The van der Waals surface area contributed by atoms with Crippen LogP contribution >= 0.6 is 0 Å². The van der Waals surface area contributed by atoms with Crippen molar-refractivity contribution in [1.82, 2.24) is 4.90 Å². The number of allylic oxidation sites excluding steroid dienone is 1. The summed E-state index contributed by atoms with van der Waals surface area (Å²) in [5.41, 5.74) is 3.40. The fraction of sp³-hybridized carbons (Fsp3) is 0.500. The lowest BCUT2D eigenvalue weighted by Crippen LogP contribution is -2.70. The second-order valence-corrected chi connectivity index (χ2v) is 17.3. The van der Waals surface area contributed by atoms with E-state index in [9.17, 15) is 25.4 Å². The second kappa shape index (κ2) is 23.9. The molecule has 2 aliphatic carbocycles. The Labute approximate surface area is 392 Å². The Balaban J connectivity index is 1.45. The van der Waals surface area contributed by atoms with Gasteiger partial charge in [0.1, 0.15) is 29.0 Å². The van der Waals surface area contributed by atoms with E-state index in [1.807, 2.05) is 12.1 Å². The SMILES string of the molecule is C=CCOC12Oc3ccc(Oc4ccc(OC)c(C=O)c4)cc3C3C(CCCCO)C(CCCCO)C=C(C(=NOC4CCCCO4)CC1N(CCOCCO)C(=O)c1ccc(C#N)cc1)C32.